The zero-order valence-corrected chi connectivity index (χ0v) is 10.0. The molecule has 15 heavy (non-hydrogen) atoms. The minimum absolute atomic E-state index is 0.737. The molecular formula is C13H21NO. The summed E-state index contributed by atoms with van der Waals surface area (Å²) in [6.45, 7) is 4.31. The highest BCUT2D eigenvalue weighted by molar-refractivity contribution is 5.23. The molecule has 0 saturated heterocycles. The number of unbranched alkanes of at least 4 members (excludes halogenated alkanes) is 3. The molecule has 0 aliphatic rings. The van der Waals surface area contributed by atoms with Crippen LogP contribution in [0.3, 0.4) is 0 Å². The van der Waals surface area contributed by atoms with Gasteiger partial charge in [0.1, 0.15) is 0 Å². The van der Waals surface area contributed by atoms with E-state index in [0.29, 0.717) is 0 Å². The number of rotatable bonds is 6. The smallest absolute Gasteiger partial charge is 0.213 e. The van der Waals surface area contributed by atoms with Crippen molar-refractivity contribution < 1.29 is 4.74 Å². The molecule has 1 aromatic heterocycles. The van der Waals surface area contributed by atoms with Crippen LogP contribution in [0.5, 0.6) is 5.88 Å². The molecular weight excluding hydrogens is 186 g/mol. The van der Waals surface area contributed by atoms with Gasteiger partial charge < -0.3 is 4.74 Å². The van der Waals surface area contributed by atoms with Gasteiger partial charge in [0.05, 0.1) is 7.11 Å². The van der Waals surface area contributed by atoms with Crippen molar-refractivity contribution in [2.24, 2.45) is 0 Å². The Morgan fingerprint density at radius 2 is 2.00 bits per heavy atom. The summed E-state index contributed by atoms with van der Waals surface area (Å²) in [5, 5.41) is 0. The average Bonchev–Trinajstić information content (AvgIpc) is 2.23. The Labute approximate surface area is 92.7 Å². The highest BCUT2D eigenvalue weighted by Gasteiger charge is 2.00. The van der Waals surface area contributed by atoms with Crippen LogP contribution in [0.1, 0.15) is 43.9 Å². The van der Waals surface area contributed by atoms with Gasteiger partial charge in [-0.2, -0.15) is 0 Å². The van der Waals surface area contributed by atoms with Gasteiger partial charge in [-0.05, 0) is 31.4 Å². The molecule has 1 rings (SSSR count). The molecule has 0 N–H and O–H groups in total. The van der Waals surface area contributed by atoms with Crippen LogP contribution in [0.2, 0.25) is 0 Å². The molecule has 84 valence electrons. The molecule has 1 heterocycles. The predicted octanol–water partition coefficient (Wildman–Crippen LogP) is 3.52. The maximum atomic E-state index is 5.15. The summed E-state index contributed by atoms with van der Waals surface area (Å²) in [5.41, 5.74) is 2.38. The lowest BCUT2D eigenvalue weighted by Gasteiger charge is -2.05. The number of ether oxygens (including phenoxy) is 1. The number of nitrogens with zero attached hydrogens (tertiary/aromatic N) is 1. The summed E-state index contributed by atoms with van der Waals surface area (Å²) in [4.78, 5) is 4.43. The third-order valence-electron chi connectivity index (χ3n) is 2.49. The van der Waals surface area contributed by atoms with E-state index in [4.69, 9.17) is 4.74 Å². The van der Waals surface area contributed by atoms with Crippen molar-refractivity contribution in [3.05, 3.63) is 23.4 Å². The first-order valence-corrected chi connectivity index (χ1v) is 5.77. The monoisotopic (exact) mass is 207 g/mol. The van der Waals surface area contributed by atoms with Crippen LogP contribution in [0.4, 0.5) is 0 Å². The average molecular weight is 207 g/mol. The number of aromatic nitrogens is 1. The van der Waals surface area contributed by atoms with Crippen molar-refractivity contribution in [1.82, 2.24) is 4.98 Å². The van der Waals surface area contributed by atoms with Gasteiger partial charge in [-0.1, -0.05) is 26.2 Å². The lowest BCUT2D eigenvalue weighted by atomic mass is 10.1. The lowest BCUT2D eigenvalue weighted by molar-refractivity contribution is 0.395. The maximum Gasteiger partial charge on any atom is 0.213 e. The highest BCUT2D eigenvalue weighted by atomic mass is 16.5. The Hall–Kier alpha value is -1.05. The summed E-state index contributed by atoms with van der Waals surface area (Å²) in [5.74, 6) is 0.737. The Bertz CT molecular complexity index is 297. The second-order valence-corrected chi connectivity index (χ2v) is 3.99. The Morgan fingerprint density at radius 1 is 1.20 bits per heavy atom. The summed E-state index contributed by atoms with van der Waals surface area (Å²) in [7, 11) is 1.67. The largest absolute Gasteiger partial charge is 0.481 e. The number of hydrogen-bond acceptors (Lipinski definition) is 2. The molecule has 2 heteroatoms. The first-order valence-electron chi connectivity index (χ1n) is 5.77. The van der Waals surface area contributed by atoms with Gasteiger partial charge in [-0.25, -0.2) is 4.98 Å². The first kappa shape index (κ1) is 12.0. The second kappa shape index (κ2) is 6.44. The van der Waals surface area contributed by atoms with Crippen LogP contribution < -0.4 is 4.74 Å². The molecule has 0 spiro atoms. The van der Waals surface area contributed by atoms with Crippen molar-refractivity contribution in [2.75, 3.05) is 7.11 Å². The molecule has 0 aliphatic heterocycles. The van der Waals surface area contributed by atoms with Crippen LogP contribution in [-0.4, -0.2) is 12.1 Å². The Morgan fingerprint density at radius 3 is 2.67 bits per heavy atom. The number of hydrogen-bond donors (Lipinski definition) is 0. The molecule has 0 saturated carbocycles. The number of aryl methyl sites for hydroxylation is 2. The summed E-state index contributed by atoms with van der Waals surface area (Å²) >= 11 is 0. The van der Waals surface area contributed by atoms with E-state index < -0.39 is 0 Å². The maximum absolute atomic E-state index is 5.15. The summed E-state index contributed by atoms with van der Waals surface area (Å²) in [6, 6.07) is 4.12. The van der Waals surface area contributed by atoms with E-state index >= 15 is 0 Å². The topological polar surface area (TPSA) is 22.1 Å². The normalized spacial score (nSPS) is 10.3. The van der Waals surface area contributed by atoms with Crippen LogP contribution in [0.15, 0.2) is 12.1 Å². The molecule has 0 aliphatic carbocycles. The summed E-state index contributed by atoms with van der Waals surface area (Å²) < 4.78 is 5.15. The Kier molecular flexibility index (Phi) is 5.16. The van der Waals surface area contributed by atoms with Crippen molar-refractivity contribution in [3.8, 4) is 5.88 Å². The molecule has 0 aromatic carbocycles. The molecule has 0 atom stereocenters. The third kappa shape index (κ3) is 4.32. The van der Waals surface area contributed by atoms with Crippen LogP contribution in [-0.2, 0) is 6.42 Å². The standard InChI is InChI=1S/C13H21NO/c1-4-5-6-7-8-12-9-11(2)10-13(14-12)15-3/h9-10H,4-8H2,1-3H3. The van der Waals surface area contributed by atoms with Gasteiger partial charge in [-0.15, -0.1) is 0 Å². The molecule has 0 fully saturated rings. The van der Waals surface area contributed by atoms with Gasteiger partial charge in [0, 0.05) is 11.8 Å². The van der Waals surface area contributed by atoms with E-state index in [0.717, 1.165) is 18.0 Å². The quantitative estimate of drug-likeness (QED) is 0.666. The SMILES string of the molecule is CCCCCCc1cc(C)cc(OC)n1. The highest BCUT2D eigenvalue weighted by Crippen LogP contribution is 2.13. The third-order valence-corrected chi connectivity index (χ3v) is 2.49. The lowest BCUT2D eigenvalue weighted by Crippen LogP contribution is -1.95. The van der Waals surface area contributed by atoms with Gasteiger partial charge in [0.25, 0.3) is 0 Å². The van der Waals surface area contributed by atoms with Gasteiger partial charge in [-0.3, -0.25) is 0 Å². The fraction of sp³-hybridized carbons (Fsp3) is 0.615. The fourth-order valence-corrected chi connectivity index (χ4v) is 1.67. The minimum Gasteiger partial charge on any atom is -0.481 e. The number of pyridine rings is 1. The molecule has 2 nitrogen and oxygen atoms in total. The van der Waals surface area contributed by atoms with E-state index in [1.807, 2.05) is 6.07 Å². The molecule has 0 unspecified atom stereocenters. The predicted molar refractivity (Wildman–Crippen MR) is 63.4 cm³/mol. The van der Waals surface area contributed by atoms with Crippen molar-refractivity contribution in [2.45, 2.75) is 46.0 Å². The Balaban J connectivity index is 2.49. The van der Waals surface area contributed by atoms with Crippen molar-refractivity contribution >= 4 is 0 Å². The van der Waals surface area contributed by atoms with Gasteiger partial charge in [0.2, 0.25) is 5.88 Å². The van der Waals surface area contributed by atoms with E-state index in [1.165, 1.54) is 31.2 Å². The molecule has 0 bridgehead atoms. The number of methoxy groups -OCH3 is 1. The van der Waals surface area contributed by atoms with Crippen LogP contribution in [0.25, 0.3) is 0 Å². The van der Waals surface area contributed by atoms with Gasteiger partial charge >= 0.3 is 0 Å². The summed E-state index contributed by atoms with van der Waals surface area (Å²) in [6.07, 6.45) is 6.20. The first-order chi connectivity index (χ1) is 7.26. The molecule has 0 amide bonds. The van der Waals surface area contributed by atoms with E-state index in [-0.39, 0.29) is 0 Å². The fourth-order valence-electron chi connectivity index (χ4n) is 1.67. The molecule has 0 radical (unpaired) electrons. The van der Waals surface area contributed by atoms with Crippen LogP contribution >= 0.6 is 0 Å². The minimum atomic E-state index is 0.737. The van der Waals surface area contributed by atoms with Gasteiger partial charge in [0.15, 0.2) is 0 Å². The van der Waals surface area contributed by atoms with E-state index in [9.17, 15) is 0 Å². The molecule has 1 aromatic rings. The zero-order valence-electron chi connectivity index (χ0n) is 10.0. The van der Waals surface area contributed by atoms with E-state index in [1.54, 1.807) is 7.11 Å². The van der Waals surface area contributed by atoms with Crippen LogP contribution in [0, 0.1) is 6.92 Å². The van der Waals surface area contributed by atoms with E-state index in [2.05, 4.69) is 24.9 Å². The van der Waals surface area contributed by atoms with Crippen molar-refractivity contribution in [1.29, 1.82) is 0 Å². The second-order valence-electron chi connectivity index (χ2n) is 3.99. The van der Waals surface area contributed by atoms with Crippen molar-refractivity contribution in [3.63, 3.8) is 0 Å². The zero-order chi connectivity index (χ0) is 11.1.